The van der Waals surface area contributed by atoms with E-state index >= 15 is 0 Å². The summed E-state index contributed by atoms with van der Waals surface area (Å²) in [4.78, 5) is 15.8. The smallest absolute Gasteiger partial charge is 0.357 e. The highest BCUT2D eigenvalue weighted by atomic mass is 16.5. The molecule has 1 N–H and O–H groups in total. The summed E-state index contributed by atoms with van der Waals surface area (Å²) in [7, 11) is 0. The zero-order chi connectivity index (χ0) is 12.3. The van der Waals surface area contributed by atoms with Crippen LogP contribution in [-0.2, 0) is 4.74 Å². The summed E-state index contributed by atoms with van der Waals surface area (Å²) in [6.07, 6.45) is 2.26. The Morgan fingerprint density at radius 3 is 2.94 bits per heavy atom. The zero-order valence-corrected chi connectivity index (χ0v) is 9.51. The number of nitrogens with zero attached hydrogens (tertiary/aromatic N) is 1. The Balaban J connectivity index is 2.47. The number of rotatable bonds is 3. The Morgan fingerprint density at radius 1 is 1.35 bits per heavy atom. The summed E-state index contributed by atoms with van der Waals surface area (Å²) in [5.41, 5.74) is 0.242. The van der Waals surface area contributed by atoms with E-state index < -0.39 is 5.97 Å². The van der Waals surface area contributed by atoms with Crippen molar-refractivity contribution < 1.29 is 14.6 Å². The van der Waals surface area contributed by atoms with Crippen molar-refractivity contribution in [3.63, 3.8) is 0 Å². The fraction of sp³-hybridized carbons (Fsp3) is 0.231. The Labute approximate surface area is 98.9 Å². The topological polar surface area (TPSA) is 59.4 Å². The zero-order valence-electron chi connectivity index (χ0n) is 9.51. The minimum Gasteiger partial charge on any atom is -0.507 e. The summed E-state index contributed by atoms with van der Waals surface area (Å²) in [6.45, 7) is 2.30. The molecule has 0 aliphatic heterocycles. The molecular formula is C13H13NO3. The van der Waals surface area contributed by atoms with Gasteiger partial charge in [-0.25, -0.2) is 9.78 Å². The monoisotopic (exact) mass is 231 g/mol. The SMILES string of the molecule is CCCOC(=O)c1nccc2c(O)cccc12. The third kappa shape index (κ3) is 2.20. The Hall–Kier alpha value is -2.10. The molecule has 4 nitrogen and oxygen atoms in total. The van der Waals surface area contributed by atoms with Gasteiger partial charge in [0, 0.05) is 17.0 Å². The van der Waals surface area contributed by atoms with Gasteiger partial charge in [-0.3, -0.25) is 0 Å². The first kappa shape index (κ1) is 11.4. The maximum Gasteiger partial charge on any atom is 0.357 e. The molecule has 0 spiro atoms. The van der Waals surface area contributed by atoms with Gasteiger partial charge in [0.2, 0.25) is 0 Å². The number of aromatic nitrogens is 1. The molecule has 0 radical (unpaired) electrons. The number of carbonyl (C=O) groups excluding carboxylic acids is 1. The Morgan fingerprint density at radius 2 is 2.18 bits per heavy atom. The van der Waals surface area contributed by atoms with Gasteiger partial charge in [-0.05, 0) is 18.6 Å². The molecule has 0 aliphatic carbocycles. The summed E-state index contributed by atoms with van der Waals surface area (Å²) >= 11 is 0. The molecular weight excluding hydrogens is 218 g/mol. The van der Waals surface area contributed by atoms with E-state index in [9.17, 15) is 9.90 Å². The highest BCUT2D eigenvalue weighted by molar-refractivity contribution is 6.04. The number of pyridine rings is 1. The van der Waals surface area contributed by atoms with Gasteiger partial charge in [0.25, 0.3) is 0 Å². The van der Waals surface area contributed by atoms with Crippen LogP contribution in [-0.4, -0.2) is 22.7 Å². The summed E-state index contributed by atoms with van der Waals surface area (Å²) < 4.78 is 5.04. The van der Waals surface area contributed by atoms with Crippen molar-refractivity contribution in [2.45, 2.75) is 13.3 Å². The van der Waals surface area contributed by atoms with Crippen molar-refractivity contribution in [2.75, 3.05) is 6.61 Å². The van der Waals surface area contributed by atoms with Crippen LogP contribution < -0.4 is 0 Å². The minimum atomic E-state index is -0.456. The average molecular weight is 231 g/mol. The number of hydrogen-bond acceptors (Lipinski definition) is 4. The molecule has 0 atom stereocenters. The number of ether oxygens (including phenoxy) is 1. The first-order valence-electron chi connectivity index (χ1n) is 5.48. The normalized spacial score (nSPS) is 10.4. The predicted molar refractivity (Wildman–Crippen MR) is 64.0 cm³/mol. The standard InChI is InChI=1S/C13H13NO3/c1-2-8-17-13(16)12-10-4-3-5-11(15)9(10)6-7-14-12/h3-7,15H,2,8H2,1H3. The Kier molecular flexibility index (Phi) is 3.23. The number of fused-ring (bicyclic) bond motifs is 1. The molecule has 1 aromatic carbocycles. The van der Waals surface area contributed by atoms with Gasteiger partial charge in [-0.15, -0.1) is 0 Å². The van der Waals surface area contributed by atoms with Gasteiger partial charge in [0.05, 0.1) is 6.61 Å². The number of esters is 1. The molecule has 0 amide bonds. The van der Waals surface area contributed by atoms with Crippen molar-refractivity contribution in [1.29, 1.82) is 0 Å². The third-order valence-electron chi connectivity index (χ3n) is 2.41. The van der Waals surface area contributed by atoms with Crippen LogP contribution in [0.2, 0.25) is 0 Å². The molecule has 88 valence electrons. The van der Waals surface area contributed by atoms with E-state index in [0.29, 0.717) is 17.4 Å². The van der Waals surface area contributed by atoms with Gasteiger partial charge < -0.3 is 9.84 Å². The highest BCUT2D eigenvalue weighted by Gasteiger charge is 2.13. The molecule has 2 rings (SSSR count). The van der Waals surface area contributed by atoms with Crippen molar-refractivity contribution in [3.8, 4) is 5.75 Å². The van der Waals surface area contributed by atoms with Crippen molar-refractivity contribution in [1.82, 2.24) is 4.98 Å². The number of hydrogen-bond donors (Lipinski definition) is 1. The van der Waals surface area contributed by atoms with Crippen LogP contribution in [0.3, 0.4) is 0 Å². The van der Waals surface area contributed by atoms with Gasteiger partial charge in [0.15, 0.2) is 5.69 Å². The third-order valence-corrected chi connectivity index (χ3v) is 2.41. The minimum absolute atomic E-state index is 0.134. The van der Waals surface area contributed by atoms with Crippen molar-refractivity contribution in [3.05, 3.63) is 36.2 Å². The van der Waals surface area contributed by atoms with Gasteiger partial charge in [-0.1, -0.05) is 19.1 Å². The fourth-order valence-electron chi connectivity index (χ4n) is 1.62. The van der Waals surface area contributed by atoms with E-state index in [1.807, 2.05) is 6.92 Å². The molecule has 1 aromatic heterocycles. The van der Waals surface area contributed by atoms with Crippen LogP contribution in [0.25, 0.3) is 10.8 Å². The van der Waals surface area contributed by atoms with Gasteiger partial charge in [-0.2, -0.15) is 0 Å². The largest absolute Gasteiger partial charge is 0.507 e. The number of phenols is 1. The number of aromatic hydroxyl groups is 1. The first-order chi connectivity index (χ1) is 8.24. The molecule has 4 heteroatoms. The molecule has 0 bridgehead atoms. The van der Waals surface area contributed by atoms with Gasteiger partial charge >= 0.3 is 5.97 Å². The van der Waals surface area contributed by atoms with E-state index in [4.69, 9.17) is 4.74 Å². The summed E-state index contributed by atoms with van der Waals surface area (Å²) in [6, 6.07) is 6.66. The maximum absolute atomic E-state index is 11.8. The lowest BCUT2D eigenvalue weighted by atomic mass is 10.1. The molecule has 0 unspecified atom stereocenters. The van der Waals surface area contributed by atoms with Crippen LogP contribution >= 0.6 is 0 Å². The lowest BCUT2D eigenvalue weighted by Gasteiger charge is -2.06. The van der Waals surface area contributed by atoms with E-state index in [0.717, 1.165) is 6.42 Å². The molecule has 0 fully saturated rings. The van der Waals surface area contributed by atoms with Crippen LogP contribution in [0.4, 0.5) is 0 Å². The van der Waals surface area contributed by atoms with Crippen LogP contribution in [0.15, 0.2) is 30.5 Å². The number of carbonyl (C=O) groups is 1. The quantitative estimate of drug-likeness (QED) is 0.824. The lowest BCUT2D eigenvalue weighted by Crippen LogP contribution is -2.08. The molecule has 1 heterocycles. The molecule has 0 saturated carbocycles. The summed E-state index contributed by atoms with van der Waals surface area (Å²) in [5.74, 6) is -0.322. The van der Waals surface area contributed by atoms with Crippen molar-refractivity contribution >= 4 is 16.7 Å². The number of benzene rings is 1. The van der Waals surface area contributed by atoms with Crippen LogP contribution in [0.1, 0.15) is 23.8 Å². The lowest BCUT2D eigenvalue weighted by molar-refractivity contribution is 0.0501. The van der Waals surface area contributed by atoms with Crippen LogP contribution in [0.5, 0.6) is 5.75 Å². The van der Waals surface area contributed by atoms with E-state index in [1.165, 1.54) is 6.20 Å². The van der Waals surface area contributed by atoms with Crippen molar-refractivity contribution in [2.24, 2.45) is 0 Å². The number of phenolic OH excluding ortho intramolecular Hbond substituents is 1. The predicted octanol–water partition coefficient (Wildman–Crippen LogP) is 2.51. The second kappa shape index (κ2) is 4.82. The molecule has 0 aliphatic rings. The molecule has 2 aromatic rings. The average Bonchev–Trinajstić information content (AvgIpc) is 2.36. The summed E-state index contributed by atoms with van der Waals surface area (Å²) in [5, 5.41) is 10.9. The maximum atomic E-state index is 11.8. The molecule has 17 heavy (non-hydrogen) atoms. The second-order valence-electron chi connectivity index (χ2n) is 3.67. The Bertz CT molecular complexity index is 551. The van der Waals surface area contributed by atoms with E-state index in [-0.39, 0.29) is 11.4 Å². The second-order valence-corrected chi connectivity index (χ2v) is 3.67. The fourth-order valence-corrected chi connectivity index (χ4v) is 1.62. The first-order valence-corrected chi connectivity index (χ1v) is 5.48. The van der Waals surface area contributed by atoms with E-state index in [2.05, 4.69) is 4.98 Å². The van der Waals surface area contributed by atoms with Gasteiger partial charge in [0.1, 0.15) is 5.75 Å². The molecule has 0 saturated heterocycles. The van der Waals surface area contributed by atoms with Crippen LogP contribution in [0, 0.1) is 0 Å². The highest BCUT2D eigenvalue weighted by Crippen LogP contribution is 2.25. The van der Waals surface area contributed by atoms with E-state index in [1.54, 1.807) is 24.3 Å².